The van der Waals surface area contributed by atoms with Crippen molar-refractivity contribution in [3.63, 3.8) is 0 Å². The number of hydrogen-bond acceptors (Lipinski definition) is 3. The molecule has 2 aromatic carbocycles. The van der Waals surface area contributed by atoms with Gasteiger partial charge in [0, 0.05) is 53.1 Å². The number of nitrogens with zero attached hydrogens (tertiary/aromatic N) is 2. The molecule has 0 spiro atoms. The van der Waals surface area contributed by atoms with Gasteiger partial charge < -0.3 is 9.88 Å². The highest BCUT2D eigenvalue weighted by Gasteiger charge is 2.23. The molecule has 0 bridgehead atoms. The molecular weight excluding hydrogens is 402 g/mol. The van der Waals surface area contributed by atoms with Gasteiger partial charge in [-0.25, -0.2) is 4.98 Å². The number of para-hydroxylation sites is 1. The number of halogens is 1. The number of rotatable bonds is 5. The number of carbonyl (C=O) groups is 1. The molecule has 0 fully saturated rings. The molecule has 0 saturated heterocycles. The minimum Gasteiger partial charge on any atom is -0.358 e. The molecule has 5 rings (SSSR count). The van der Waals surface area contributed by atoms with Crippen LogP contribution in [0.25, 0.3) is 21.1 Å². The maximum absolute atomic E-state index is 12.8. The smallest absolute Gasteiger partial charge is 0.222 e. The van der Waals surface area contributed by atoms with Crippen LogP contribution in [0.2, 0.25) is 5.02 Å². The minimum atomic E-state index is 0.247. The largest absolute Gasteiger partial charge is 0.358 e. The maximum Gasteiger partial charge on any atom is 0.222 e. The molecule has 2 aromatic heterocycles. The Morgan fingerprint density at radius 3 is 3.00 bits per heavy atom. The van der Waals surface area contributed by atoms with Crippen LogP contribution in [0, 0.1) is 0 Å². The average Bonchev–Trinajstić information content (AvgIpc) is 3.31. The molecule has 0 aliphatic carbocycles. The Balaban J connectivity index is 1.17. The standard InChI is InChI=1S/C23H22ClN3OS/c24-15-9-10-18-16(13-15)17-14-27(12-11-19(17)25-18)23(28)8-4-3-7-22-26-20-5-1-2-6-21(20)29-22/h1-2,5-6,9-10,13,25H,3-4,7-8,11-12,14H2. The van der Waals surface area contributed by atoms with Crippen molar-refractivity contribution in [3.05, 3.63) is 63.8 Å². The molecule has 0 atom stereocenters. The molecule has 29 heavy (non-hydrogen) atoms. The highest BCUT2D eigenvalue weighted by atomic mass is 35.5. The molecule has 0 radical (unpaired) electrons. The summed E-state index contributed by atoms with van der Waals surface area (Å²) >= 11 is 7.94. The first kappa shape index (κ1) is 18.6. The Morgan fingerprint density at radius 2 is 2.10 bits per heavy atom. The van der Waals surface area contributed by atoms with Crippen molar-refractivity contribution in [2.75, 3.05) is 6.54 Å². The molecule has 3 heterocycles. The number of unbranched alkanes of at least 4 members (excludes halogenated alkanes) is 1. The van der Waals surface area contributed by atoms with E-state index in [9.17, 15) is 4.79 Å². The minimum absolute atomic E-state index is 0.247. The number of aromatic nitrogens is 2. The van der Waals surface area contributed by atoms with Crippen molar-refractivity contribution in [2.24, 2.45) is 0 Å². The van der Waals surface area contributed by atoms with Crippen LogP contribution < -0.4 is 0 Å². The van der Waals surface area contributed by atoms with Crippen molar-refractivity contribution >= 4 is 50.0 Å². The van der Waals surface area contributed by atoms with Gasteiger partial charge in [0.15, 0.2) is 0 Å². The molecule has 1 amide bonds. The van der Waals surface area contributed by atoms with Gasteiger partial charge in [0.2, 0.25) is 5.91 Å². The number of benzene rings is 2. The predicted molar refractivity (Wildman–Crippen MR) is 120 cm³/mol. The fraction of sp³-hybridized carbons (Fsp3) is 0.304. The van der Waals surface area contributed by atoms with Crippen LogP contribution in [0.5, 0.6) is 0 Å². The number of nitrogens with one attached hydrogen (secondary N) is 1. The molecule has 0 saturated carbocycles. The molecular formula is C23H22ClN3OS. The summed E-state index contributed by atoms with van der Waals surface area (Å²) in [4.78, 5) is 22.9. The summed E-state index contributed by atoms with van der Waals surface area (Å²) in [5.74, 6) is 0.247. The second kappa shape index (κ2) is 7.81. The molecule has 1 N–H and O–H groups in total. The van der Waals surface area contributed by atoms with Gasteiger partial charge >= 0.3 is 0 Å². The van der Waals surface area contributed by atoms with Gasteiger partial charge in [-0.1, -0.05) is 23.7 Å². The zero-order valence-corrected chi connectivity index (χ0v) is 17.7. The van der Waals surface area contributed by atoms with Gasteiger partial charge in [0.25, 0.3) is 0 Å². The van der Waals surface area contributed by atoms with Crippen molar-refractivity contribution in [3.8, 4) is 0 Å². The number of amides is 1. The first-order valence-corrected chi connectivity index (χ1v) is 11.3. The topological polar surface area (TPSA) is 49.0 Å². The number of aryl methyl sites for hydroxylation is 1. The van der Waals surface area contributed by atoms with E-state index in [1.807, 2.05) is 29.2 Å². The predicted octanol–water partition coefficient (Wildman–Crippen LogP) is 5.73. The number of aromatic amines is 1. The summed E-state index contributed by atoms with van der Waals surface area (Å²) in [5, 5.41) is 3.04. The van der Waals surface area contributed by atoms with E-state index in [0.717, 1.165) is 58.7 Å². The van der Waals surface area contributed by atoms with E-state index >= 15 is 0 Å². The highest BCUT2D eigenvalue weighted by Crippen LogP contribution is 2.30. The van der Waals surface area contributed by atoms with E-state index in [2.05, 4.69) is 28.2 Å². The van der Waals surface area contributed by atoms with E-state index in [1.54, 1.807) is 11.3 Å². The van der Waals surface area contributed by atoms with Crippen molar-refractivity contribution in [2.45, 2.75) is 38.6 Å². The summed E-state index contributed by atoms with van der Waals surface area (Å²) in [7, 11) is 0. The third-order valence-electron chi connectivity index (χ3n) is 5.66. The van der Waals surface area contributed by atoms with E-state index in [1.165, 1.54) is 16.0 Å². The fourth-order valence-electron chi connectivity index (χ4n) is 4.14. The Hall–Kier alpha value is -2.37. The van der Waals surface area contributed by atoms with Crippen molar-refractivity contribution in [1.29, 1.82) is 0 Å². The SMILES string of the molecule is O=C(CCCCc1nc2ccccc2s1)N1CCc2[nH]c3ccc(Cl)cc3c2C1. The van der Waals surface area contributed by atoms with Crippen LogP contribution in [-0.4, -0.2) is 27.3 Å². The summed E-state index contributed by atoms with van der Waals surface area (Å²) < 4.78 is 1.24. The first-order chi connectivity index (χ1) is 14.2. The zero-order valence-electron chi connectivity index (χ0n) is 16.1. The molecule has 1 aliphatic heterocycles. The number of hydrogen-bond donors (Lipinski definition) is 1. The number of H-pyrrole nitrogens is 1. The lowest BCUT2D eigenvalue weighted by Gasteiger charge is -2.27. The first-order valence-electron chi connectivity index (χ1n) is 10.1. The second-order valence-electron chi connectivity index (χ2n) is 7.62. The van der Waals surface area contributed by atoms with Gasteiger partial charge in [-0.05, 0) is 49.6 Å². The zero-order chi connectivity index (χ0) is 19.8. The van der Waals surface area contributed by atoms with Gasteiger partial charge in [0.05, 0.1) is 15.2 Å². The average molecular weight is 424 g/mol. The third kappa shape index (κ3) is 3.77. The summed E-state index contributed by atoms with van der Waals surface area (Å²) in [5.41, 5.74) is 4.63. The van der Waals surface area contributed by atoms with E-state index < -0.39 is 0 Å². The van der Waals surface area contributed by atoms with Crippen LogP contribution >= 0.6 is 22.9 Å². The lowest BCUT2D eigenvalue weighted by Crippen LogP contribution is -2.35. The number of carbonyl (C=O) groups excluding carboxylic acids is 1. The summed E-state index contributed by atoms with van der Waals surface area (Å²) in [6.45, 7) is 1.45. The Bertz CT molecular complexity index is 1160. The van der Waals surface area contributed by atoms with Gasteiger partial charge in [-0.3, -0.25) is 4.79 Å². The van der Waals surface area contributed by atoms with Crippen molar-refractivity contribution < 1.29 is 4.79 Å². The van der Waals surface area contributed by atoms with Gasteiger partial charge in [-0.2, -0.15) is 0 Å². The highest BCUT2D eigenvalue weighted by molar-refractivity contribution is 7.18. The normalized spacial score (nSPS) is 13.9. The van der Waals surface area contributed by atoms with Gasteiger partial charge in [0.1, 0.15) is 0 Å². The molecule has 148 valence electrons. The third-order valence-corrected chi connectivity index (χ3v) is 6.99. The molecule has 4 nitrogen and oxygen atoms in total. The quantitative estimate of drug-likeness (QED) is 0.417. The van der Waals surface area contributed by atoms with Crippen LogP contribution in [0.3, 0.4) is 0 Å². The van der Waals surface area contributed by atoms with Crippen LogP contribution in [-0.2, 0) is 24.2 Å². The molecule has 6 heteroatoms. The lowest BCUT2D eigenvalue weighted by atomic mass is 10.0. The molecule has 1 aliphatic rings. The van der Waals surface area contributed by atoms with Crippen LogP contribution in [0.15, 0.2) is 42.5 Å². The molecule has 0 unspecified atom stereocenters. The summed E-state index contributed by atoms with van der Waals surface area (Å²) in [6, 6.07) is 14.2. The maximum atomic E-state index is 12.8. The van der Waals surface area contributed by atoms with E-state index in [4.69, 9.17) is 11.6 Å². The number of fused-ring (bicyclic) bond motifs is 4. The van der Waals surface area contributed by atoms with E-state index in [-0.39, 0.29) is 5.91 Å². The number of thiazole rings is 1. The second-order valence-corrected chi connectivity index (χ2v) is 9.17. The van der Waals surface area contributed by atoms with Crippen molar-refractivity contribution in [1.82, 2.24) is 14.9 Å². The molecule has 4 aromatic rings. The summed E-state index contributed by atoms with van der Waals surface area (Å²) in [6.07, 6.45) is 4.31. The Labute approximate surface area is 178 Å². The van der Waals surface area contributed by atoms with Crippen LogP contribution in [0.4, 0.5) is 0 Å². The van der Waals surface area contributed by atoms with Gasteiger partial charge in [-0.15, -0.1) is 11.3 Å². The van der Waals surface area contributed by atoms with E-state index in [0.29, 0.717) is 13.0 Å². The monoisotopic (exact) mass is 423 g/mol. The Morgan fingerprint density at radius 1 is 1.21 bits per heavy atom. The van der Waals surface area contributed by atoms with Crippen LogP contribution in [0.1, 0.15) is 35.5 Å². The fourth-order valence-corrected chi connectivity index (χ4v) is 5.32. The Kier molecular flexibility index (Phi) is 5.02. The lowest BCUT2D eigenvalue weighted by molar-refractivity contribution is -0.132.